The van der Waals surface area contributed by atoms with Gasteiger partial charge in [-0.05, 0) is 17.7 Å². The van der Waals surface area contributed by atoms with Gasteiger partial charge in [-0.25, -0.2) is 9.78 Å². The Morgan fingerprint density at radius 2 is 1.95 bits per heavy atom. The van der Waals surface area contributed by atoms with Crippen LogP contribution < -0.4 is 15.5 Å². The Hall–Kier alpha value is -4.66. The summed E-state index contributed by atoms with van der Waals surface area (Å²) in [6, 6.07) is 9.61. The molecule has 0 aliphatic carbocycles. The van der Waals surface area contributed by atoms with E-state index in [9.17, 15) is 14.7 Å². The number of rotatable bonds is 9. The molecule has 0 radical (unpaired) electrons. The van der Waals surface area contributed by atoms with Crippen molar-refractivity contribution in [1.29, 1.82) is 0 Å². The van der Waals surface area contributed by atoms with Crippen LogP contribution in [0.5, 0.6) is 0 Å². The third-order valence-corrected chi connectivity index (χ3v) is 6.80. The van der Waals surface area contributed by atoms with Crippen LogP contribution in [0.15, 0.2) is 30.3 Å². The molecule has 190 valence electrons. The fourth-order valence-corrected chi connectivity index (χ4v) is 4.59. The van der Waals surface area contributed by atoms with Gasteiger partial charge >= 0.3 is 5.97 Å². The SMILES string of the molecule is Cc1nc(Nc2nc(NCc3ccc(-c4nn[nH]n4)cc3)cc(N3CCN(C=O)CC3)n2)sc1C(=O)O. The van der Waals surface area contributed by atoms with E-state index in [-0.39, 0.29) is 10.8 Å². The zero-order valence-corrected chi connectivity index (χ0v) is 20.6. The number of aromatic amines is 1. The predicted octanol–water partition coefficient (Wildman–Crippen LogP) is 1.75. The monoisotopic (exact) mass is 521 g/mol. The van der Waals surface area contributed by atoms with Crippen molar-refractivity contribution >= 4 is 46.4 Å². The lowest BCUT2D eigenvalue weighted by atomic mass is 10.1. The number of hydrogen-bond donors (Lipinski definition) is 4. The number of carbonyl (C=O) groups is 2. The molecule has 5 rings (SSSR count). The van der Waals surface area contributed by atoms with Gasteiger partial charge in [0.05, 0.1) is 5.69 Å². The number of amides is 1. The lowest BCUT2D eigenvalue weighted by Gasteiger charge is -2.33. The largest absolute Gasteiger partial charge is 0.477 e. The van der Waals surface area contributed by atoms with E-state index in [1.807, 2.05) is 30.3 Å². The zero-order chi connectivity index (χ0) is 25.8. The highest BCUT2D eigenvalue weighted by molar-refractivity contribution is 7.17. The van der Waals surface area contributed by atoms with Crippen LogP contribution in [0.3, 0.4) is 0 Å². The average Bonchev–Trinajstić information content (AvgIpc) is 3.58. The quantitative estimate of drug-likeness (QED) is 0.235. The van der Waals surface area contributed by atoms with Gasteiger partial charge in [0.25, 0.3) is 0 Å². The number of thiazole rings is 1. The summed E-state index contributed by atoms with van der Waals surface area (Å²) in [5, 5.41) is 30.1. The van der Waals surface area contributed by atoms with Crippen molar-refractivity contribution < 1.29 is 14.7 Å². The molecule has 37 heavy (non-hydrogen) atoms. The number of hydrogen-bond acceptors (Lipinski definition) is 12. The van der Waals surface area contributed by atoms with Crippen LogP contribution in [0.2, 0.25) is 0 Å². The number of anilines is 4. The Morgan fingerprint density at radius 3 is 2.59 bits per heavy atom. The Bertz CT molecular complexity index is 1380. The molecule has 1 aromatic carbocycles. The number of tetrazole rings is 1. The van der Waals surface area contributed by atoms with Crippen molar-refractivity contribution in [1.82, 2.24) is 40.5 Å². The predicted molar refractivity (Wildman–Crippen MR) is 136 cm³/mol. The number of nitrogens with one attached hydrogen (secondary N) is 3. The Balaban J connectivity index is 1.36. The number of carboxylic acids is 1. The molecule has 1 aliphatic rings. The lowest BCUT2D eigenvalue weighted by molar-refractivity contribution is -0.118. The van der Waals surface area contributed by atoms with Crippen molar-refractivity contribution in [2.45, 2.75) is 13.5 Å². The second-order valence-electron chi connectivity index (χ2n) is 8.21. The third-order valence-electron chi connectivity index (χ3n) is 5.74. The first-order chi connectivity index (χ1) is 18.0. The van der Waals surface area contributed by atoms with E-state index in [4.69, 9.17) is 0 Å². The van der Waals surface area contributed by atoms with Gasteiger partial charge in [-0.15, -0.1) is 10.2 Å². The molecule has 1 aliphatic heterocycles. The van der Waals surface area contributed by atoms with Crippen LogP contribution >= 0.6 is 11.3 Å². The van der Waals surface area contributed by atoms with Gasteiger partial charge in [-0.3, -0.25) is 10.1 Å². The summed E-state index contributed by atoms with van der Waals surface area (Å²) in [7, 11) is 0. The molecule has 4 heterocycles. The molecule has 4 aromatic rings. The van der Waals surface area contributed by atoms with E-state index in [0.29, 0.717) is 61.0 Å². The first-order valence-corrected chi connectivity index (χ1v) is 12.2. The van der Waals surface area contributed by atoms with Crippen LogP contribution in [-0.4, -0.2) is 84.1 Å². The highest BCUT2D eigenvalue weighted by Gasteiger charge is 2.20. The molecule has 14 nitrogen and oxygen atoms in total. The number of H-pyrrole nitrogens is 1. The molecule has 1 fully saturated rings. The maximum Gasteiger partial charge on any atom is 0.347 e. The summed E-state index contributed by atoms with van der Waals surface area (Å²) in [6.07, 6.45) is 0.853. The van der Waals surface area contributed by atoms with E-state index in [1.54, 1.807) is 11.8 Å². The summed E-state index contributed by atoms with van der Waals surface area (Å²) in [6.45, 7) is 4.60. The minimum absolute atomic E-state index is 0.159. The molecule has 4 N–H and O–H groups in total. The number of piperazine rings is 1. The summed E-state index contributed by atoms with van der Waals surface area (Å²) in [5.41, 5.74) is 2.29. The van der Waals surface area contributed by atoms with Gasteiger partial charge in [0, 0.05) is 44.4 Å². The first kappa shape index (κ1) is 24.1. The molecular weight excluding hydrogens is 498 g/mol. The van der Waals surface area contributed by atoms with E-state index < -0.39 is 5.97 Å². The third kappa shape index (κ3) is 5.61. The van der Waals surface area contributed by atoms with Gasteiger partial charge in [-0.1, -0.05) is 35.6 Å². The van der Waals surface area contributed by atoms with Gasteiger partial charge in [-0.2, -0.15) is 15.2 Å². The molecule has 0 bridgehead atoms. The topological polar surface area (TPSA) is 178 Å². The van der Waals surface area contributed by atoms with E-state index in [2.05, 4.69) is 51.1 Å². The smallest absolute Gasteiger partial charge is 0.347 e. The van der Waals surface area contributed by atoms with E-state index >= 15 is 0 Å². The summed E-state index contributed by atoms with van der Waals surface area (Å²) < 4.78 is 0. The van der Waals surface area contributed by atoms with Gasteiger partial charge < -0.3 is 20.2 Å². The minimum atomic E-state index is -1.03. The minimum Gasteiger partial charge on any atom is -0.477 e. The van der Waals surface area contributed by atoms with Crippen molar-refractivity contribution in [3.63, 3.8) is 0 Å². The highest BCUT2D eigenvalue weighted by Crippen LogP contribution is 2.27. The number of nitrogens with zero attached hydrogens (tertiary/aromatic N) is 8. The zero-order valence-electron chi connectivity index (χ0n) is 19.7. The fraction of sp³-hybridized carbons (Fsp3) is 0.273. The second-order valence-corrected chi connectivity index (χ2v) is 9.21. The molecule has 0 spiro atoms. The van der Waals surface area contributed by atoms with Crippen LogP contribution in [0.1, 0.15) is 20.9 Å². The molecule has 0 atom stereocenters. The molecule has 1 saturated heterocycles. The van der Waals surface area contributed by atoms with Crippen molar-refractivity contribution in [3.05, 3.63) is 46.5 Å². The summed E-state index contributed by atoms with van der Waals surface area (Å²) in [5.74, 6) is 1.05. The van der Waals surface area contributed by atoms with Crippen molar-refractivity contribution in [2.75, 3.05) is 41.7 Å². The number of aryl methyl sites for hydroxylation is 1. The molecule has 1 amide bonds. The maximum atomic E-state index is 11.4. The lowest BCUT2D eigenvalue weighted by Crippen LogP contribution is -2.46. The Labute approximate surface area is 214 Å². The molecule has 15 heteroatoms. The molecular formula is C22H23N11O3S. The van der Waals surface area contributed by atoms with Crippen LogP contribution in [0, 0.1) is 6.92 Å². The second kappa shape index (κ2) is 10.5. The van der Waals surface area contributed by atoms with Crippen molar-refractivity contribution in [2.24, 2.45) is 0 Å². The maximum absolute atomic E-state index is 11.4. The molecule has 0 saturated carbocycles. The fourth-order valence-electron chi connectivity index (χ4n) is 3.79. The molecule has 3 aromatic heterocycles. The number of aromatic nitrogens is 7. The van der Waals surface area contributed by atoms with Gasteiger partial charge in [0.15, 0.2) is 5.13 Å². The Morgan fingerprint density at radius 1 is 1.16 bits per heavy atom. The van der Waals surface area contributed by atoms with Crippen LogP contribution in [0.4, 0.5) is 22.7 Å². The van der Waals surface area contributed by atoms with Gasteiger partial charge in [0.1, 0.15) is 16.5 Å². The number of carboxylic acid groups (broad SMARTS) is 1. The highest BCUT2D eigenvalue weighted by atomic mass is 32.1. The Kier molecular flexibility index (Phi) is 6.85. The number of benzene rings is 1. The van der Waals surface area contributed by atoms with Crippen LogP contribution in [0.25, 0.3) is 11.4 Å². The normalized spacial score (nSPS) is 13.4. The molecule has 0 unspecified atom stereocenters. The van der Waals surface area contributed by atoms with E-state index in [0.717, 1.165) is 28.9 Å². The standard InChI is InChI=1S/C22H23N11O3S/c1-13-18(20(35)36)37-22(24-13)27-21-25-16(10-17(26-21)33-8-6-32(12-34)7-9-33)23-11-14-2-4-15(5-3-14)19-28-30-31-29-19/h2-5,10,12H,6-9,11H2,1H3,(H,35,36)(H,28,29,30,31)(H2,23,24,25,26,27). The number of aromatic carboxylic acids is 1. The summed E-state index contributed by atoms with van der Waals surface area (Å²) in [4.78, 5) is 40.0. The van der Waals surface area contributed by atoms with Crippen LogP contribution in [-0.2, 0) is 11.3 Å². The number of carbonyl (C=O) groups excluding carboxylic acids is 1. The summed E-state index contributed by atoms with van der Waals surface area (Å²) >= 11 is 1.03. The van der Waals surface area contributed by atoms with Crippen molar-refractivity contribution in [3.8, 4) is 11.4 Å². The van der Waals surface area contributed by atoms with Gasteiger partial charge in [0.2, 0.25) is 18.2 Å². The average molecular weight is 522 g/mol. The first-order valence-electron chi connectivity index (χ1n) is 11.4. The van der Waals surface area contributed by atoms with E-state index in [1.165, 1.54) is 0 Å².